The van der Waals surface area contributed by atoms with Crippen LogP contribution in [0.4, 0.5) is 0 Å². The van der Waals surface area contributed by atoms with Gasteiger partial charge in [0.1, 0.15) is 6.10 Å². The predicted octanol–water partition coefficient (Wildman–Crippen LogP) is 2.11. The van der Waals surface area contributed by atoms with Crippen molar-refractivity contribution in [3.05, 3.63) is 11.6 Å². The van der Waals surface area contributed by atoms with Crippen LogP contribution in [-0.4, -0.2) is 17.9 Å². The van der Waals surface area contributed by atoms with Crippen molar-refractivity contribution in [3.63, 3.8) is 0 Å². The summed E-state index contributed by atoms with van der Waals surface area (Å²) < 4.78 is 5.61. The SMILES string of the molecule is CC1=CCCC23C(=O)OC4C2C(C1=O)C3C4(C)C. The first-order valence-electron chi connectivity index (χ1n) is 6.84. The first-order chi connectivity index (χ1) is 8.42. The minimum atomic E-state index is -0.328. The van der Waals surface area contributed by atoms with Crippen LogP contribution >= 0.6 is 0 Å². The molecule has 18 heavy (non-hydrogen) atoms. The number of ether oxygens (including phenoxy) is 1. The monoisotopic (exact) mass is 246 g/mol. The lowest BCUT2D eigenvalue weighted by molar-refractivity contribution is -0.180. The third-order valence-electron chi connectivity index (χ3n) is 6.07. The summed E-state index contributed by atoms with van der Waals surface area (Å²) in [5, 5.41) is 0. The van der Waals surface area contributed by atoms with E-state index in [2.05, 4.69) is 13.8 Å². The average molecular weight is 246 g/mol. The summed E-state index contributed by atoms with van der Waals surface area (Å²) in [5.74, 6) is 0.625. The van der Waals surface area contributed by atoms with Gasteiger partial charge in [-0.3, -0.25) is 9.59 Å². The number of hydrogen-bond donors (Lipinski definition) is 0. The van der Waals surface area contributed by atoms with Crippen molar-refractivity contribution in [1.82, 2.24) is 0 Å². The molecule has 0 aromatic carbocycles. The summed E-state index contributed by atoms with van der Waals surface area (Å²) in [4.78, 5) is 24.7. The van der Waals surface area contributed by atoms with Gasteiger partial charge in [-0.05, 0) is 31.3 Å². The third kappa shape index (κ3) is 0.799. The van der Waals surface area contributed by atoms with E-state index in [1.54, 1.807) is 0 Å². The molecule has 1 aliphatic heterocycles. The summed E-state index contributed by atoms with van der Waals surface area (Å²) in [6, 6.07) is 0. The number of carbonyl (C=O) groups is 2. The predicted molar refractivity (Wildman–Crippen MR) is 64.6 cm³/mol. The van der Waals surface area contributed by atoms with Crippen LogP contribution in [0, 0.1) is 28.6 Å². The van der Waals surface area contributed by atoms with Crippen molar-refractivity contribution >= 4 is 11.8 Å². The van der Waals surface area contributed by atoms with Crippen LogP contribution in [0.15, 0.2) is 11.6 Å². The average Bonchev–Trinajstić information content (AvgIpc) is 2.69. The minimum Gasteiger partial charge on any atom is -0.461 e. The van der Waals surface area contributed by atoms with Gasteiger partial charge in [-0.15, -0.1) is 0 Å². The molecule has 3 saturated carbocycles. The Morgan fingerprint density at radius 1 is 1.33 bits per heavy atom. The normalized spacial score (nSPS) is 51.2. The second-order valence-electron chi connectivity index (χ2n) is 7.01. The molecule has 1 heterocycles. The highest BCUT2D eigenvalue weighted by Crippen LogP contribution is 2.79. The summed E-state index contributed by atoms with van der Waals surface area (Å²) in [6.45, 7) is 6.24. The summed E-state index contributed by atoms with van der Waals surface area (Å²) >= 11 is 0. The zero-order chi connectivity index (χ0) is 12.9. The number of rotatable bonds is 0. The zero-order valence-corrected chi connectivity index (χ0v) is 11.0. The molecule has 5 unspecified atom stereocenters. The Hall–Kier alpha value is -1.12. The highest BCUT2D eigenvalue weighted by molar-refractivity contribution is 6.01. The molecule has 0 amide bonds. The summed E-state index contributed by atoms with van der Waals surface area (Å²) in [6.07, 6.45) is 3.66. The molecule has 0 aromatic heterocycles. The lowest BCUT2D eigenvalue weighted by atomic mass is 9.46. The molecule has 6 rings (SSSR count). The van der Waals surface area contributed by atoms with E-state index in [1.807, 2.05) is 13.0 Å². The molecule has 6 aliphatic rings. The van der Waals surface area contributed by atoms with Crippen molar-refractivity contribution in [2.24, 2.45) is 28.6 Å². The van der Waals surface area contributed by atoms with Gasteiger partial charge < -0.3 is 4.74 Å². The van der Waals surface area contributed by atoms with Crippen LogP contribution in [0.2, 0.25) is 0 Å². The Bertz CT molecular complexity index is 516. The van der Waals surface area contributed by atoms with Gasteiger partial charge >= 0.3 is 5.97 Å². The molecule has 96 valence electrons. The van der Waals surface area contributed by atoms with Gasteiger partial charge in [-0.25, -0.2) is 0 Å². The second kappa shape index (κ2) is 2.73. The molecule has 1 saturated heterocycles. The third-order valence-corrected chi connectivity index (χ3v) is 6.07. The van der Waals surface area contributed by atoms with Crippen LogP contribution < -0.4 is 0 Å². The van der Waals surface area contributed by atoms with Crippen LogP contribution in [-0.2, 0) is 14.3 Å². The van der Waals surface area contributed by atoms with Crippen LogP contribution in [0.25, 0.3) is 0 Å². The molecular formula is C15H18O3. The first kappa shape index (κ1) is 10.8. The minimum absolute atomic E-state index is 0.0289. The Kier molecular flexibility index (Phi) is 1.63. The van der Waals surface area contributed by atoms with Gasteiger partial charge in [0.25, 0.3) is 0 Å². The molecule has 0 radical (unpaired) electrons. The van der Waals surface area contributed by atoms with Gasteiger partial charge in [0.15, 0.2) is 5.78 Å². The maximum absolute atomic E-state index is 12.5. The van der Waals surface area contributed by atoms with E-state index < -0.39 is 0 Å². The van der Waals surface area contributed by atoms with E-state index in [0.717, 1.165) is 18.4 Å². The zero-order valence-electron chi connectivity index (χ0n) is 11.0. The maximum atomic E-state index is 12.5. The molecule has 3 nitrogen and oxygen atoms in total. The topological polar surface area (TPSA) is 43.4 Å². The van der Waals surface area contributed by atoms with Gasteiger partial charge in [0, 0.05) is 17.3 Å². The van der Waals surface area contributed by atoms with Crippen LogP contribution in [0.3, 0.4) is 0 Å². The van der Waals surface area contributed by atoms with Crippen molar-refractivity contribution in [1.29, 1.82) is 0 Å². The molecule has 5 bridgehead atoms. The largest absolute Gasteiger partial charge is 0.461 e. The van der Waals surface area contributed by atoms with Crippen LogP contribution in [0.5, 0.6) is 0 Å². The molecular weight excluding hydrogens is 228 g/mol. The first-order valence-corrected chi connectivity index (χ1v) is 6.84. The number of fused-ring (bicyclic) bond motifs is 3. The standard InChI is InChI=1S/C15H18O3/c1-7-5-4-6-15-9-8(10(7)16)11(15)14(2,3)12(9)18-13(15)17/h5,8-9,11-12H,4,6H2,1-3H3. The lowest BCUT2D eigenvalue weighted by Crippen LogP contribution is -2.59. The van der Waals surface area contributed by atoms with Crippen molar-refractivity contribution in [3.8, 4) is 0 Å². The molecule has 4 fully saturated rings. The smallest absolute Gasteiger partial charge is 0.313 e. The number of allylic oxidation sites excluding steroid dienone is 2. The van der Waals surface area contributed by atoms with E-state index in [0.29, 0.717) is 0 Å². The van der Waals surface area contributed by atoms with E-state index >= 15 is 0 Å². The molecule has 5 aliphatic carbocycles. The molecule has 3 heteroatoms. The van der Waals surface area contributed by atoms with Crippen molar-refractivity contribution in [2.45, 2.75) is 39.7 Å². The lowest BCUT2D eigenvalue weighted by Gasteiger charge is -2.53. The van der Waals surface area contributed by atoms with Crippen molar-refractivity contribution < 1.29 is 14.3 Å². The fraction of sp³-hybridized carbons (Fsp3) is 0.733. The highest BCUT2D eigenvalue weighted by Gasteiger charge is 2.86. The molecule has 0 N–H and O–H groups in total. The van der Waals surface area contributed by atoms with E-state index in [9.17, 15) is 9.59 Å². The van der Waals surface area contributed by atoms with E-state index in [-0.39, 0.29) is 46.4 Å². The van der Waals surface area contributed by atoms with E-state index in [4.69, 9.17) is 4.74 Å². The van der Waals surface area contributed by atoms with Crippen LogP contribution in [0.1, 0.15) is 33.6 Å². The number of esters is 1. The molecule has 5 atom stereocenters. The summed E-state index contributed by atoms with van der Waals surface area (Å²) in [7, 11) is 0. The highest BCUT2D eigenvalue weighted by atomic mass is 16.6. The number of carbonyl (C=O) groups excluding carboxylic acids is 2. The summed E-state index contributed by atoms with van der Waals surface area (Å²) in [5.41, 5.74) is 0.525. The molecule has 1 spiro atoms. The second-order valence-corrected chi connectivity index (χ2v) is 7.01. The Balaban J connectivity index is 1.91. The molecule has 0 aromatic rings. The van der Waals surface area contributed by atoms with Gasteiger partial charge in [0.05, 0.1) is 5.41 Å². The van der Waals surface area contributed by atoms with E-state index in [1.165, 1.54) is 0 Å². The number of Topliss-reactive ketones (excluding diaryl/α,β-unsaturated/α-hetero) is 1. The maximum Gasteiger partial charge on any atom is 0.313 e. The quantitative estimate of drug-likeness (QED) is 0.615. The fourth-order valence-electron chi connectivity index (χ4n) is 5.50. The number of ketones is 1. The Labute approximate surface area is 107 Å². The van der Waals surface area contributed by atoms with Gasteiger partial charge in [-0.2, -0.15) is 0 Å². The number of hydrogen-bond acceptors (Lipinski definition) is 3. The fourth-order valence-corrected chi connectivity index (χ4v) is 5.50. The Morgan fingerprint density at radius 2 is 2.06 bits per heavy atom. The van der Waals surface area contributed by atoms with Gasteiger partial charge in [0.2, 0.25) is 0 Å². The van der Waals surface area contributed by atoms with Gasteiger partial charge in [-0.1, -0.05) is 19.9 Å². The Morgan fingerprint density at radius 3 is 2.72 bits per heavy atom. The van der Waals surface area contributed by atoms with Crippen molar-refractivity contribution in [2.75, 3.05) is 0 Å².